The first-order chi connectivity index (χ1) is 17.2. The van der Waals surface area contributed by atoms with Gasteiger partial charge >= 0.3 is 0 Å². The van der Waals surface area contributed by atoms with E-state index in [9.17, 15) is 15.3 Å². The van der Waals surface area contributed by atoms with Crippen LogP contribution in [0.3, 0.4) is 0 Å². The van der Waals surface area contributed by atoms with Gasteiger partial charge in [-0.3, -0.25) is 0 Å². The molecular weight excluding hydrogens is 472 g/mol. The van der Waals surface area contributed by atoms with Crippen LogP contribution in [-0.4, -0.2) is 60.9 Å². The van der Waals surface area contributed by atoms with E-state index in [1.807, 2.05) is 66.7 Å². The molecule has 0 aromatic heterocycles. The highest BCUT2D eigenvalue weighted by Gasteiger charge is 2.52. The zero-order valence-corrected chi connectivity index (χ0v) is 22.0. The Balaban J connectivity index is 1.60. The molecule has 36 heavy (non-hydrogen) atoms. The van der Waals surface area contributed by atoms with E-state index in [-0.39, 0.29) is 18.3 Å². The van der Waals surface area contributed by atoms with Crippen molar-refractivity contribution in [2.45, 2.75) is 63.1 Å². The standard InChI is InChI=1S/C29H36O6Si/c1-29(2,3)36(22-15-9-5-10-16-22,23-17-11-6-12-18-23)34-20-24-25(30)26(31)27(32)28(35-24)33-19-21-13-7-4-8-14-21/h4-18,24-28,30-32H,19-20H2,1-3H3/t24-,25-,26+,27-,28-/m1/s1. The van der Waals surface area contributed by atoms with Gasteiger partial charge in [0, 0.05) is 0 Å². The lowest BCUT2D eigenvalue weighted by molar-refractivity contribution is -0.303. The minimum Gasteiger partial charge on any atom is -0.405 e. The molecule has 0 aliphatic carbocycles. The second-order valence-electron chi connectivity index (χ2n) is 10.3. The number of aliphatic hydroxyl groups is 3. The van der Waals surface area contributed by atoms with Gasteiger partial charge in [-0.25, -0.2) is 0 Å². The van der Waals surface area contributed by atoms with E-state index in [2.05, 4.69) is 45.0 Å². The molecule has 1 heterocycles. The van der Waals surface area contributed by atoms with Crippen LogP contribution >= 0.6 is 0 Å². The summed E-state index contributed by atoms with van der Waals surface area (Å²) in [7, 11) is -2.87. The second-order valence-corrected chi connectivity index (χ2v) is 14.6. The molecule has 0 saturated carbocycles. The lowest BCUT2D eigenvalue weighted by Gasteiger charge is -2.45. The molecule has 5 atom stereocenters. The first kappa shape index (κ1) is 26.7. The minimum atomic E-state index is -2.87. The largest absolute Gasteiger partial charge is 0.405 e. The Hall–Kier alpha value is -2.36. The molecule has 1 aliphatic rings. The second kappa shape index (κ2) is 11.4. The zero-order valence-electron chi connectivity index (χ0n) is 21.0. The van der Waals surface area contributed by atoms with Crippen LogP contribution < -0.4 is 10.4 Å². The van der Waals surface area contributed by atoms with Crippen molar-refractivity contribution < 1.29 is 29.2 Å². The van der Waals surface area contributed by atoms with E-state index in [4.69, 9.17) is 13.9 Å². The van der Waals surface area contributed by atoms with E-state index in [1.165, 1.54) is 0 Å². The Labute approximate surface area is 214 Å². The molecule has 4 rings (SSSR count). The van der Waals surface area contributed by atoms with Crippen molar-refractivity contribution in [1.29, 1.82) is 0 Å². The summed E-state index contributed by atoms with van der Waals surface area (Å²) in [6, 6.07) is 29.9. The van der Waals surface area contributed by atoms with Crippen LogP contribution in [0.4, 0.5) is 0 Å². The smallest absolute Gasteiger partial charge is 0.261 e. The van der Waals surface area contributed by atoms with E-state index >= 15 is 0 Å². The number of benzene rings is 3. The molecule has 7 heteroatoms. The number of rotatable bonds is 8. The Kier molecular flexibility index (Phi) is 8.42. The van der Waals surface area contributed by atoms with E-state index in [0.717, 1.165) is 15.9 Å². The van der Waals surface area contributed by atoms with Gasteiger partial charge in [-0.15, -0.1) is 0 Å². The van der Waals surface area contributed by atoms with Crippen molar-refractivity contribution in [3.05, 3.63) is 96.6 Å². The molecule has 6 nitrogen and oxygen atoms in total. The van der Waals surface area contributed by atoms with E-state index in [1.54, 1.807) is 0 Å². The number of aliphatic hydroxyl groups excluding tert-OH is 3. The SMILES string of the molecule is CC(C)(C)[Si](OC[C@H]1O[C@@H](OCc2ccccc2)[C@H](O)[C@@H](O)[C@@H]1O)(c1ccccc1)c1ccccc1. The molecule has 0 bridgehead atoms. The summed E-state index contributed by atoms with van der Waals surface area (Å²) in [6.45, 7) is 6.74. The fourth-order valence-electron chi connectivity index (χ4n) is 4.91. The molecule has 0 unspecified atom stereocenters. The van der Waals surface area contributed by atoms with Crippen LogP contribution in [0.25, 0.3) is 0 Å². The maximum absolute atomic E-state index is 10.8. The topological polar surface area (TPSA) is 88.4 Å². The lowest BCUT2D eigenvalue weighted by Crippen LogP contribution is -2.68. The Morgan fingerprint density at radius 2 is 1.22 bits per heavy atom. The molecule has 192 valence electrons. The van der Waals surface area contributed by atoms with Gasteiger partial charge in [0.2, 0.25) is 0 Å². The average molecular weight is 509 g/mol. The predicted molar refractivity (Wildman–Crippen MR) is 141 cm³/mol. The van der Waals surface area contributed by atoms with Crippen LogP contribution in [0, 0.1) is 0 Å². The van der Waals surface area contributed by atoms with Gasteiger partial charge in [0.05, 0.1) is 13.2 Å². The maximum atomic E-state index is 10.8. The fraction of sp³-hybridized carbons (Fsp3) is 0.379. The monoisotopic (exact) mass is 508 g/mol. The van der Waals surface area contributed by atoms with Crippen molar-refractivity contribution in [1.82, 2.24) is 0 Å². The van der Waals surface area contributed by atoms with Crippen molar-refractivity contribution in [2.24, 2.45) is 0 Å². The highest BCUT2D eigenvalue weighted by atomic mass is 28.4. The predicted octanol–water partition coefficient (Wildman–Crippen LogP) is 2.59. The third-order valence-corrected chi connectivity index (χ3v) is 11.8. The molecular formula is C29H36O6Si. The fourth-order valence-corrected chi connectivity index (χ4v) is 9.48. The highest BCUT2D eigenvalue weighted by molar-refractivity contribution is 6.99. The van der Waals surface area contributed by atoms with Crippen LogP contribution in [0.5, 0.6) is 0 Å². The van der Waals surface area contributed by atoms with Gasteiger partial charge < -0.3 is 29.2 Å². The van der Waals surface area contributed by atoms with Gasteiger partial charge in [0.1, 0.15) is 24.4 Å². The molecule has 1 saturated heterocycles. The van der Waals surface area contributed by atoms with Crippen molar-refractivity contribution in [2.75, 3.05) is 6.61 Å². The number of ether oxygens (including phenoxy) is 2. The minimum absolute atomic E-state index is 0.0312. The lowest BCUT2D eigenvalue weighted by atomic mass is 9.99. The van der Waals surface area contributed by atoms with Crippen LogP contribution in [0.15, 0.2) is 91.0 Å². The molecule has 0 spiro atoms. The molecule has 0 radical (unpaired) electrons. The first-order valence-electron chi connectivity index (χ1n) is 12.3. The molecule has 3 N–H and O–H groups in total. The van der Waals surface area contributed by atoms with Crippen molar-refractivity contribution in [3.8, 4) is 0 Å². The van der Waals surface area contributed by atoms with Crippen molar-refractivity contribution >= 4 is 18.7 Å². The van der Waals surface area contributed by atoms with Gasteiger partial charge in [-0.2, -0.15) is 0 Å². The van der Waals surface area contributed by atoms with Gasteiger partial charge in [0.15, 0.2) is 6.29 Å². The third-order valence-electron chi connectivity index (χ3n) is 6.81. The Morgan fingerprint density at radius 3 is 1.72 bits per heavy atom. The van der Waals surface area contributed by atoms with Crippen molar-refractivity contribution in [3.63, 3.8) is 0 Å². The number of hydrogen-bond donors (Lipinski definition) is 3. The molecule has 1 aliphatic heterocycles. The summed E-state index contributed by atoms with van der Waals surface area (Å²) in [5.41, 5.74) is 0.911. The Morgan fingerprint density at radius 1 is 0.722 bits per heavy atom. The summed E-state index contributed by atoms with van der Waals surface area (Å²) in [5, 5.41) is 33.9. The normalized spacial score (nSPS) is 25.0. The maximum Gasteiger partial charge on any atom is 0.261 e. The molecule has 3 aromatic carbocycles. The summed E-state index contributed by atoms with van der Waals surface area (Å²) >= 11 is 0. The molecule has 0 amide bonds. The van der Waals surface area contributed by atoms with Crippen LogP contribution in [-0.2, 0) is 20.5 Å². The summed E-state index contributed by atoms with van der Waals surface area (Å²) < 4.78 is 18.7. The van der Waals surface area contributed by atoms with Gasteiger partial charge in [-0.1, -0.05) is 112 Å². The third kappa shape index (κ3) is 5.48. The van der Waals surface area contributed by atoms with Crippen LogP contribution in [0.2, 0.25) is 5.04 Å². The highest BCUT2D eigenvalue weighted by Crippen LogP contribution is 2.37. The molecule has 3 aromatic rings. The Bertz CT molecular complexity index is 1030. The van der Waals surface area contributed by atoms with Gasteiger partial charge in [0.25, 0.3) is 8.32 Å². The summed E-state index contributed by atoms with van der Waals surface area (Å²) in [6.07, 6.45) is -6.11. The van der Waals surface area contributed by atoms with Crippen LogP contribution in [0.1, 0.15) is 26.3 Å². The first-order valence-corrected chi connectivity index (χ1v) is 14.2. The van der Waals surface area contributed by atoms with Gasteiger partial charge in [-0.05, 0) is 21.0 Å². The summed E-state index contributed by atoms with van der Waals surface area (Å²) in [5.74, 6) is 0. The summed E-state index contributed by atoms with van der Waals surface area (Å²) in [4.78, 5) is 0. The zero-order chi connectivity index (χ0) is 25.8. The van der Waals surface area contributed by atoms with E-state index < -0.39 is 39.0 Å². The molecule has 1 fully saturated rings. The quantitative estimate of drug-likeness (QED) is 0.406. The average Bonchev–Trinajstić information content (AvgIpc) is 2.89. The van der Waals surface area contributed by atoms with E-state index in [0.29, 0.717) is 0 Å². The number of hydrogen-bond acceptors (Lipinski definition) is 6.